The normalized spacial score (nSPS) is 19.2. The van der Waals surface area contributed by atoms with Crippen molar-refractivity contribution in [2.45, 2.75) is 19.9 Å². The number of allylic oxidation sites excluding steroid dienone is 5. The number of nitrogens with zero attached hydrogens (tertiary/aromatic N) is 4. The smallest absolute Gasteiger partial charge is 0.0565 e. The number of aromatic nitrogens is 3. The third-order valence-electron chi connectivity index (χ3n) is 4.31. The van der Waals surface area contributed by atoms with Gasteiger partial charge in [-0.1, -0.05) is 24.3 Å². The molecule has 0 radical (unpaired) electrons. The average molecular weight is 302 g/mol. The van der Waals surface area contributed by atoms with E-state index < -0.39 is 0 Å². The van der Waals surface area contributed by atoms with Crippen molar-refractivity contribution in [3.05, 3.63) is 78.0 Å². The van der Waals surface area contributed by atoms with E-state index in [1.54, 1.807) is 6.20 Å². The molecule has 0 fully saturated rings. The summed E-state index contributed by atoms with van der Waals surface area (Å²) in [6.45, 7) is 2.98. The molecule has 4 rings (SSSR count). The SMILES string of the molecule is CCn1cc(C2=CN=C3C(Cc4cccnc4)=CC=CC23)cn1. The van der Waals surface area contributed by atoms with Gasteiger partial charge in [0.25, 0.3) is 0 Å². The summed E-state index contributed by atoms with van der Waals surface area (Å²) in [6, 6.07) is 4.08. The van der Waals surface area contributed by atoms with Gasteiger partial charge in [0.1, 0.15) is 0 Å². The second-order valence-electron chi connectivity index (χ2n) is 5.78. The Hall–Kier alpha value is -2.75. The van der Waals surface area contributed by atoms with E-state index in [0.717, 1.165) is 24.2 Å². The van der Waals surface area contributed by atoms with E-state index in [-0.39, 0.29) is 5.92 Å². The van der Waals surface area contributed by atoms with Gasteiger partial charge in [0, 0.05) is 49.2 Å². The summed E-state index contributed by atoms with van der Waals surface area (Å²) in [7, 11) is 0. The van der Waals surface area contributed by atoms with Gasteiger partial charge in [-0.15, -0.1) is 0 Å². The predicted molar refractivity (Wildman–Crippen MR) is 92.0 cm³/mol. The number of fused-ring (bicyclic) bond motifs is 1. The molecule has 2 aromatic rings. The molecule has 2 aromatic heterocycles. The first-order valence-electron chi connectivity index (χ1n) is 7.92. The highest BCUT2D eigenvalue weighted by atomic mass is 15.3. The zero-order valence-corrected chi connectivity index (χ0v) is 13.1. The van der Waals surface area contributed by atoms with Crippen molar-refractivity contribution < 1.29 is 0 Å². The monoisotopic (exact) mass is 302 g/mol. The lowest BCUT2D eigenvalue weighted by Crippen LogP contribution is -2.17. The van der Waals surface area contributed by atoms with E-state index in [2.05, 4.69) is 47.5 Å². The zero-order chi connectivity index (χ0) is 15.6. The molecule has 1 unspecified atom stereocenters. The molecule has 0 saturated heterocycles. The number of aliphatic imine (C=N–C) groups is 1. The van der Waals surface area contributed by atoms with Gasteiger partial charge in [0.2, 0.25) is 0 Å². The highest BCUT2D eigenvalue weighted by Gasteiger charge is 2.28. The summed E-state index contributed by atoms with van der Waals surface area (Å²) >= 11 is 0. The maximum absolute atomic E-state index is 4.71. The Kier molecular flexibility index (Phi) is 3.50. The Balaban J connectivity index is 1.57. The minimum absolute atomic E-state index is 0.237. The van der Waals surface area contributed by atoms with Crippen LogP contribution in [-0.4, -0.2) is 20.5 Å². The van der Waals surface area contributed by atoms with Gasteiger partial charge in [-0.3, -0.25) is 14.7 Å². The lowest BCUT2D eigenvalue weighted by Gasteiger charge is -2.19. The minimum atomic E-state index is 0.237. The van der Waals surface area contributed by atoms with E-state index in [4.69, 9.17) is 4.99 Å². The third kappa shape index (κ3) is 2.57. The molecule has 1 atom stereocenters. The second-order valence-corrected chi connectivity index (χ2v) is 5.78. The Morgan fingerprint density at radius 1 is 1.26 bits per heavy atom. The first-order valence-corrected chi connectivity index (χ1v) is 7.92. The van der Waals surface area contributed by atoms with Crippen LogP contribution in [0.25, 0.3) is 5.57 Å². The predicted octanol–water partition coefficient (Wildman–Crippen LogP) is 3.45. The van der Waals surface area contributed by atoms with E-state index in [1.165, 1.54) is 16.7 Å². The van der Waals surface area contributed by atoms with Crippen LogP contribution in [0, 0.1) is 5.92 Å². The maximum atomic E-state index is 4.71. The molecule has 2 aliphatic rings. The second kappa shape index (κ2) is 5.80. The molecule has 0 N–H and O–H groups in total. The number of pyridine rings is 1. The Labute approximate surface area is 135 Å². The van der Waals surface area contributed by atoms with Crippen molar-refractivity contribution in [3.8, 4) is 0 Å². The third-order valence-corrected chi connectivity index (χ3v) is 4.31. The fourth-order valence-electron chi connectivity index (χ4n) is 3.10. The minimum Gasteiger partial charge on any atom is -0.272 e. The molecule has 23 heavy (non-hydrogen) atoms. The molecule has 0 spiro atoms. The number of rotatable bonds is 4. The van der Waals surface area contributed by atoms with Crippen LogP contribution in [0.5, 0.6) is 0 Å². The summed E-state index contributed by atoms with van der Waals surface area (Å²) in [4.78, 5) is 8.91. The van der Waals surface area contributed by atoms with E-state index >= 15 is 0 Å². The van der Waals surface area contributed by atoms with Gasteiger partial charge < -0.3 is 0 Å². The number of hydrogen-bond donors (Lipinski definition) is 0. The van der Waals surface area contributed by atoms with Crippen molar-refractivity contribution in [3.63, 3.8) is 0 Å². The van der Waals surface area contributed by atoms with Crippen LogP contribution in [0.3, 0.4) is 0 Å². The molecular formula is C19H18N4. The average Bonchev–Trinajstić information content (AvgIpc) is 3.22. The number of hydrogen-bond acceptors (Lipinski definition) is 3. The van der Waals surface area contributed by atoms with Crippen LogP contribution in [0.2, 0.25) is 0 Å². The van der Waals surface area contributed by atoms with Crippen LogP contribution in [0.1, 0.15) is 18.1 Å². The summed E-state index contributed by atoms with van der Waals surface area (Å²) in [5, 5.41) is 4.38. The molecule has 4 heteroatoms. The zero-order valence-electron chi connectivity index (χ0n) is 13.1. The topological polar surface area (TPSA) is 43.1 Å². The van der Waals surface area contributed by atoms with Crippen molar-refractivity contribution in [1.82, 2.24) is 14.8 Å². The van der Waals surface area contributed by atoms with Crippen molar-refractivity contribution in [1.29, 1.82) is 0 Å². The highest BCUT2D eigenvalue weighted by molar-refractivity contribution is 6.13. The molecule has 1 aliphatic carbocycles. The molecule has 4 nitrogen and oxygen atoms in total. The van der Waals surface area contributed by atoms with E-state index in [1.807, 2.05) is 29.3 Å². The van der Waals surface area contributed by atoms with Gasteiger partial charge in [0.05, 0.1) is 11.9 Å². The highest BCUT2D eigenvalue weighted by Crippen LogP contribution is 2.35. The van der Waals surface area contributed by atoms with Gasteiger partial charge in [-0.25, -0.2) is 0 Å². The maximum Gasteiger partial charge on any atom is 0.0565 e. The molecule has 3 heterocycles. The van der Waals surface area contributed by atoms with Gasteiger partial charge in [0.15, 0.2) is 0 Å². The fourth-order valence-corrected chi connectivity index (χ4v) is 3.10. The van der Waals surface area contributed by atoms with Gasteiger partial charge in [-0.05, 0) is 29.7 Å². The summed E-state index contributed by atoms with van der Waals surface area (Å²) in [6.07, 6.45) is 17.1. The van der Waals surface area contributed by atoms with Gasteiger partial charge in [-0.2, -0.15) is 5.10 Å². The van der Waals surface area contributed by atoms with E-state index in [0.29, 0.717) is 0 Å². The van der Waals surface area contributed by atoms with Crippen LogP contribution < -0.4 is 0 Å². The van der Waals surface area contributed by atoms with Crippen LogP contribution >= 0.6 is 0 Å². The van der Waals surface area contributed by atoms with Crippen molar-refractivity contribution in [2.24, 2.45) is 10.9 Å². The molecule has 0 bridgehead atoms. The fraction of sp³-hybridized carbons (Fsp3) is 0.211. The van der Waals surface area contributed by atoms with Crippen molar-refractivity contribution in [2.75, 3.05) is 0 Å². The van der Waals surface area contributed by atoms with Crippen LogP contribution in [0.15, 0.2) is 71.9 Å². The molecule has 0 saturated carbocycles. The first-order chi connectivity index (χ1) is 11.3. The van der Waals surface area contributed by atoms with Crippen LogP contribution in [-0.2, 0) is 13.0 Å². The van der Waals surface area contributed by atoms with Gasteiger partial charge >= 0.3 is 0 Å². The molecule has 114 valence electrons. The van der Waals surface area contributed by atoms with E-state index in [9.17, 15) is 0 Å². The largest absolute Gasteiger partial charge is 0.272 e. The molecule has 0 aromatic carbocycles. The quantitative estimate of drug-likeness (QED) is 0.868. The Bertz CT molecular complexity index is 837. The molecule has 1 aliphatic heterocycles. The molecular weight excluding hydrogens is 284 g/mol. The Morgan fingerprint density at radius 2 is 2.22 bits per heavy atom. The lowest BCUT2D eigenvalue weighted by atomic mass is 9.84. The van der Waals surface area contributed by atoms with Crippen LogP contribution in [0.4, 0.5) is 0 Å². The molecule has 0 amide bonds. The standard InChI is InChI=1S/C19H18N4/c1-2-23-13-16(11-22-23)18-12-21-19-15(6-3-7-17(18)19)9-14-5-4-8-20-10-14/h3-8,10-13,17H,2,9H2,1H3. The van der Waals surface area contributed by atoms with Crippen molar-refractivity contribution >= 4 is 11.3 Å². The first kappa shape index (κ1) is 13.9. The number of aryl methyl sites for hydroxylation is 1. The Morgan fingerprint density at radius 3 is 3.00 bits per heavy atom. The summed E-state index contributed by atoms with van der Waals surface area (Å²) in [5.74, 6) is 0.237. The summed E-state index contributed by atoms with van der Waals surface area (Å²) < 4.78 is 1.95. The lowest BCUT2D eigenvalue weighted by molar-refractivity contribution is 0.659. The summed E-state index contributed by atoms with van der Waals surface area (Å²) in [5.41, 5.74) is 6.01.